The number of ether oxygens (including phenoxy) is 1. The van der Waals surface area contributed by atoms with Gasteiger partial charge < -0.3 is 0 Å². The van der Waals surface area contributed by atoms with E-state index in [0.717, 1.165) is 10.1 Å². The van der Waals surface area contributed by atoms with Crippen LogP contribution in [0.2, 0.25) is 0 Å². The van der Waals surface area contributed by atoms with Crippen molar-refractivity contribution in [3.8, 4) is 5.75 Å². The van der Waals surface area contributed by atoms with Crippen molar-refractivity contribution >= 4 is 37.0 Å². The maximum absolute atomic E-state index is 5.77. The summed E-state index contributed by atoms with van der Waals surface area (Å²) >= 11 is -1.73. The number of rotatable bonds is 2. The fraction of sp³-hybridized carbons (Fsp3) is 0.143. The Balaban J connectivity index is 2.83. The first-order valence-corrected chi connectivity index (χ1v) is 8.87. The monoisotopic (exact) mass is 252 g/mol. The normalized spacial score (nSPS) is 10.2. The minimum absolute atomic E-state index is 0.831. The van der Waals surface area contributed by atoms with Crippen LogP contribution >= 0.6 is 19.9 Å². The zero-order valence-electron chi connectivity index (χ0n) is 5.92. The quantitative estimate of drug-likeness (QED) is 0.731. The first-order valence-electron chi connectivity index (χ1n) is 3.00. The molecule has 0 saturated heterocycles. The molecule has 0 spiro atoms. The van der Waals surface area contributed by atoms with Crippen LogP contribution in [0.1, 0.15) is 0 Å². The average Bonchev–Trinajstić information content (AvgIpc) is 2.05. The first kappa shape index (κ1) is 9.25. The molecule has 0 N–H and O–H groups in total. The van der Waals surface area contributed by atoms with Gasteiger partial charge in [-0.15, -0.1) is 0 Å². The molecular weight excluding hydrogens is 246 g/mol. The van der Waals surface area contributed by atoms with Gasteiger partial charge in [-0.2, -0.15) is 0 Å². The van der Waals surface area contributed by atoms with Crippen molar-refractivity contribution in [1.82, 2.24) is 0 Å². The van der Waals surface area contributed by atoms with E-state index >= 15 is 0 Å². The van der Waals surface area contributed by atoms with Gasteiger partial charge in [0.15, 0.2) is 0 Å². The summed E-state index contributed by atoms with van der Waals surface area (Å²) in [7, 11) is 13.2. The predicted octanol–water partition coefficient (Wildman–Crippen LogP) is 1.87. The van der Waals surface area contributed by atoms with E-state index in [1.807, 2.05) is 24.3 Å². The fourth-order valence-electron chi connectivity index (χ4n) is 0.695. The zero-order valence-corrected chi connectivity index (χ0v) is 9.31. The van der Waals surface area contributed by atoms with Crippen LogP contribution in [0, 0.1) is 0 Å². The van der Waals surface area contributed by atoms with E-state index in [-0.39, 0.29) is 0 Å². The molecule has 0 aliphatic heterocycles. The molecule has 1 aromatic rings. The van der Waals surface area contributed by atoms with E-state index in [9.17, 15) is 0 Å². The standard InChI is InChI=1S/C7H7AsCl2O/c1-11-7-4-2-6(3-5-7)8(9)10/h2-5H,1H3. The molecule has 0 unspecified atom stereocenters. The van der Waals surface area contributed by atoms with Gasteiger partial charge in [0.1, 0.15) is 0 Å². The summed E-state index contributed by atoms with van der Waals surface area (Å²) in [6.45, 7) is 0. The predicted molar refractivity (Wildman–Crippen MR) is 50.1 cm³/mol. The van der Waals surface area contributed by atoms with E-state index in [0.29, 0.717) is 0 Å². The van der Waals surface area contributed by atoms with E-state index in [2.05, 4.69) is 0 Å². The Bertz CT molecular complexity index is 222. The van der Waals surface area contributed by atoms with Crippen LogP contribution in [-0.4, -0.2) is 19.9 Å². The Hall–Kier alpha value is 0.158. The molecular formula is C7H7AsCl2O. The van der Waals surface area contributed by atoms with Crippen molar-refractivity contribution in [2.75, 3.05) is 7.11 Å². The minimum atomic E-state index is -1.73. The van der Waals surface area contributed by atoms with Gasteiger partial charge in [-0.25, -0.2) is 0 Å². The molecule has 1 rings (SSSR count). The summed E-state index contributed by atoms with van der Waals surface area (Å²) in [6, 6.07) is 7.53. The summed E-state index contributed by atoms with van der Waals surface area (Å²) in [5.74, 6) is 0.831. The molecule has 0 heterocycles. The van der Waals surface area contributed by atoms with Crippen molar-refractivity contribution in [3.05, 3.63) is 24.3 Å². The second kappa shape index (κ2) is 4.25. The molecule has 0 radical (unpaired) electrons. The molecule has 60 valence electrons. The van der Waals surface area contributed by atoms with E-state index in [1.54, 1.807) is 7.11 Å². The molecule has 0 fully saturated rings. The van der Waals surface area contributed by atoms with Crippen LogP contribution < -0.4 is 9.09 Å². The molecule has 0 aromatic heterocycles. The molecule has 0 saturated carbocycles. The van der Waals surface area contributed by atoms with Crippen molar-refractivity contribution in [3.63, 3.8) is 0 Å². The third-order valence-corrected chi connectivity index (χ3v) is 4.74. The number of hydrogen-bond donors (Lipinski definition) is 0. The summed E-state index contributed by atoms with van der Waals surface area (Å²) in [6.07, 6.45) is 0. The van der Waals surface area contributed by atoms with Crippen LogP contribution in [0.4, 0.5) is 0 Å². The van der Waals surface area contributed by atoms with Crippen LogP contribution in [0.5, 0.6) is 5.75 Å². The van der Waals surface area contributed by atoms with Gasteiger partial charge in [-0.1, -0.05) is 0 Å². The van der Waals surface area contributed by atoms with Gasteiger partial charge in [-0.3, -0.25) is 0 Å². The van der Waals surface area contributed by atoms with Crippen LogP contribution in [0.15, 0.2) is 24.3 Å². The number of halogens is 2. The molecule has 0 aliphatic carbocycles. The summed E-state index contributed by atoms with van der Waals surface area (Å²) in [4.78, 5) is 0. The molecule has 4 heteroatoms. The van der Waals surface area contributed by atoms with Crippen LogP contribution in [-0.2, 0) is 0 Å². The molecule has 0 aliphatic rings. The molecule has 0 atom stereocenters. The SMILES string of the molecule is COc1ccc([As](Cl)Cl)cc1. The first-order chi connectivity index (χ1) is 5.24. The van der Waals surface area contributed by atoms with Crippen molar-refractivity contribution in [2.45, 2.75) is 0 Å². The Kier molecular flexibility index (Phi) is 3.57. The topological polar surface area (TPSA) is 9.23 Å². The number of benzene rings is 1. The van der Waals surface area contributed by atoms with Gasteiger partial charge in [0.2, 0.25) is 0 Å². The van der Waals surface area contributed by atoms with Gasteiger partial charge >= 0.3 is 78.9 Å². The number of methoxy groups -OCH3 is 1. The van der Waals surface area contributed by atoms with Gasteiger partial charge in [0.25, 0.3) is 0 Å². The van der Waals surface area contributed by atoms with Gasteiger partial charge in [0, 0.05) is 0 Å². The van der Waals surface area contributed by atoms with Gasteiger partial charge in [-0.05, 0) is 0 Å². The molecule has 0 bridgehead atoms. The van der Waals surface area contributed by atoms with Crippen LogP contribution in [0.25, 0.3) is 0 Å². The number of hydrogen-bond acceptors (Lipinski definition) is 1. The Morgan fingerprint density at radius 1 is 1.18 bits per heavy atom. The zero-order chi connectivity index (χ0) is 8.27. The maximum atomic E-state index is 5.77. The second-order valence-corrected chi connectivity index (χ2v) is 8.40. The second-order valence-electron chi connectivity index (χ2n) is 1.93. The Morgan fingerprint density at radius 3 is 2.09 bits per heavy atom. The molecule has 11 heavy (non-hydrogen) atoms. The third-order valence-electron chi connectivity index (χ3n) is 1.27. The van der Waals surface area contributed by atoms with Gasteiger partial charge in [0.05, 0.1) is 0 Å². The molecule has 1 aromatic carbocycles. The summed E-state index contributed by atoms with van der Waals surface area (Å²) in [5.41, 5.74) is 0. The van der Waals surface area contributed by atoms with E-state index in [1.165, 1.54) is 0 Å². The van der Waals surface area contributed by atoms with E-state index in [4.69, 9.17) is 24.6 Å². The molecule has 0 amide bonds. The Morgan fingerprint density at radius 2 is 1.73 bits per heavy atom. The summed E-state index contributed by atoms with van der Waals surface area (Å²) in [5, 5.41) is 0. The average molecular weight is 253 g/mol. The van der Waals surface area contributed by atoms with Crippen molar-refractivity contribution in [1.29, 1.82) is 0 Å². The Labute approximate surface area is 78.8 Å². The van der Waals surface area contributed by atoms with Crippen molar-refractivity contribution in [2.24, 2.45) is 0 Å². The van der Waals surface area contributed by atoms with Crippen molar-refractivity contribution < 1.29 is 4.74 Å². The molecule has 1 nitrogen and oxygen atoms in total. The van der Waals surface area contributed by atoms with Crippen LogP contribution in [0.3, 0.4) is 0 Å². The fourth-order valence-corrected chi connectivity index (χ4v) is 2.65. The van der Waals surface area contributed by atoms with E-state index < -0.39 is 12.8 Å². The summed E-state index contributed by atoms with van der Waals surface area (Å²) < 4.78 is 6.01. The third kappa shape index (κ3) is 2.59.